The van der Waals surface area contributed by atoms with Crippen LogP contribution in [-0.2, 0) is 4.79 Å². The Bertz CT molecular complexity index is 240. The van der Waals surface area contributed by atoms with Gasteiger partial charge in [0.15, 0.2) is 5.96 Å². The monoisotopic (exact) mass is 274 g/mol. The Morgan fingerprint density at radius 3 is 2.37 bits per heavy atom. The van der Waals surface area contributed by atoms with E-state index in [1.165, 1.54) is 0 Å². The van der Waals surface area contributed by atoms with E-state index in [-0.39, 0.29) is 17.9 Å². The molecule has 7 heteroatoms. The highest BCUT2D eigenvalue weighted by molar-refractivity contribution is 5.81. The van der Waals surface area contributed by atoms with Crippen molar-refractivity contribution < 1.29 is 4.79 Å². The number of nitrogens with one attached hydrogen (secondary N) is 2. The highest BCUT2D eigenvalue weighted by Crippen LogP contribution is 1.97. The first kappa shape index (κ1) is 20.0. The molecule has 0 spiro atoms. The van der Waals surface area contributed by atoms with Crippen molar-refractivity contribution in [2.45, 2.75) is 39.2 Å². The van der Waals surface area contributed by atoms with Gasteiger partial charge in [0.1, 0.15) is 0 Å². The third-order valence-corrected chi connectivity index (χ3v) is 2.29. The molecule has 0 radical (unpaired) electrons. The second-order valence-electron chi connectivity index (χ2n) is 3.72. The van der Waals surface area contributed by atoms with Crippen molar-refractivity contribution in [3.05, 3.63) is 0 Å². The lowest BCUT2D eigenvalue weighted by atomic mass is 10.1. The van der Waals surface area contributed by atoms with Gasteiger partial charge < -0.3 is 27.8 Å². The predicted octanol–water partition coefficient (Wildman–Crippen LogP) is -0.881. The third-order valence-electron chi connectivity index (χ3n) is 2.29. The molecular formula is C12H30N6O. The van der Waals surface area contributed by atoms with Crippen molar-refractivity contribution in [2.24, 2.45) is 22.2 Å². The lowest BCUT2D eigenvalue weighted by Crippen LogP contribution is -2.43. The Morgan fingerprint density at radius 2 is 1.89 bits per heavy atom. The molecule has 7 nitrogen and oxygen atoms in total. The molecule has 8 N–H and O–H groups in total. The molecule has 0 aliphatic carbocycles. The van der Waals surface area contributed by atoms with Crippen LogP contribution in [0.15, 0.2) is 4.99 Å². The van der Waals surface area contributed by atoms with E-state index in [4.69, 9.17) is 17.2 Å². The summed E-state index contributed by atoms with van der Waals surface area (Å²) >= 11 is 0. The first-order chi connectivity index (χ1) is 9.11. The summed E-state index contributed by atoms with van der Waals surface area (Å²) in [6, 6.07) is -0.207. The van der Waals surface area contributed by atoms with Crippen molar-refractivity contribution >= 4 is 11.9 Å². The molecule has 19 heavy (non-hydrogen) atoms. The van der Waals surface area contributed by atoms with E-state index in [0.29, 0.717) is 26.1 Å². The van der Waals surface area contributed by atoms with Crippen LogP contribution >= 0.6 is 0 Å². The number of amides is 1. The average Bonchev–Trinajstić information content (AvgIpc) is 2.41. The Balaban J connectivity index is 0. The van der Waals surface area contributed by atoms with Crippen LogP contribution in [0.3, 0.4) is 0 Å². The normalized spacial score (nSPS) is 10.9. The number of rotatable bonds is 9. The van der Waals surface area contributed by atoms with E-state index < -0.39 is 0 Å². The number of guanidine groups is 1. The number of carbonyl (C=O) groups is 1. The Morgan fingerprint density at radius 1 is 1.26 bits per heavy atom. The lowest BCUT2D eigenvalue weighted by Gasteiger charge is -2.15. The van der Waals surface area contributed by atoms with Crippen LogP contribution in [0.4, 0.5) is 0 Å². The van der Waals surface area contributed by atoms with Crippen LogP contribution < -0.4 is 27.8 Å². The summed E-state index contributed by atoms with van der Waals surface area (Å²) in [5.41, 5.74) is 15.8. The van der Waals surface area contributed by atoms with Crippen LogP contribution in [-0.4, -0.2) is 44.6 Å². The summed E-state index contributed by atoms with van der Waals surface area (Å²) in [7, 11) is 1.76. The molecule has 0 aromatic carbocycles. The Labute approximate surface area is 116 Å². The Kier molecular flexibility index (Phi) is 15.5. The molecule has 0 saturated carbocycles. The van der Waals surface area contributed by atoms with E-state index in [2.05, 4.69) is 15.6 Å². The minimum Gasteiger partial charge on any atom is -0.370 e. The molecular weight excluding hydrogens is 244 g/mol. The number of likely N-dealkylation sites (N-methyl/N-ethyl adjacent to an activating group) is 1. The van der Waals surface area contributed by atoms with E-state index in [9.17, 15) is 4.79 Å². The van der Waals surface area contributed by atoms with Crippen LogP contribution in [0.1, 0.15) is 33.1 Å². The maximum absolute atomic E-state index is 11.7. The van der Waals surface area contributed by atoms with Crippen molar-refractivity contribution in [3.8, 4) is 0 Å². The molecule has 0 heterocycles. The fraction of sp³-hybridized carbons (Fsp3) is 0.833. The topological polar surface area (TPSA) is 132 Å². The van der Waals surface area contributed by atoms with Gasteiger partial charge in [-0.25, -0.2) is 0 Å². The van der Waals surface area contributed by atoms with Gasteiger partial charge in [-0.15, -0.1) is 0 Å². The second kappa shape index (κ2) is 14.7. The van der Waals surface area contributed by atoms with E-state index in [0.717, 1.165) is 12.8 Å². The minimum absolute atomic E-state index is 0.00866. The lowest BCUT2D eigenvalue weighted by molar-refractivity contribution is -0.123. The zero-order chi connectivity index (χ0) is 15.1. The number of hydrogen-bond acceptors (Lipinski definition) is 4. The van der Waals surface area contributed by atoms with Gasteiger partial charge in [0, 0.05) is 13.1 Å². The van der Waals surface area contributed by atoms with Crippen LogP contribution in [0.2, 0.25) is 0 Å². The average molecular weight is 274 g/mol. The zero-order valence-corrected chi connectivity index (χ0v) is 12.4. The fourth-order valence-electron chi connectivity index (χ4n) is 1.35. The maximum atomic E-state index is 11.7. The standard InChI is InChI=1S/C10H24N6O.C2H6/c1-14-8(4-2-6-16-10(12)13)9(17)15-7-3-5-11;1-2/h8,14H,2-7,11H2,1H3,(H,15,17)(H4,12,13,16);1-2H3. The van der Waals surface area contributed by atoms with Crippen LogP contribution in [0.25, 0.3) is 0 Å². The summed E-state index contributed by atoms with van der Waals surface area (Å²) in [5.74, 6) is 0.0732. The number of nitrogens with zero attached hydrogens (tertiary/aromatic N) is 1. The van der Waals surface area contributed by atoms with Gasteiger partial charge in [-0.3, -0.25) is 9.79 Å². The summed E-state index contributed by atoms with van der Waals surface area (Å²) in [5, 5.41) is 5.78. The minimum atomic E-state index is -0.207. The molecule has 0 bridgehead atoms. The molecule has 114 valence electrons. The quantitative estimate of drug-likeness (QED) is 0.212. The van der Waals surface area contributed by atoms with Crippen LogP contribution in [0, 0.1) is 0 Å². The van der Waals surface area contributed by atoms with Gasteiger partial charge in [-0.1, -0.05) is 13.8 Å². The molecule has 0 aliphatic heterocycles. The zero-order valence-electron chi connectivity index (χ0n) is 12.4. The third kappa shape index (κ3) is 12.9. The van der Waals surface area contributed by atoms with E-state index in [1.807, 2.05) is 13.8 Å². The van der Waals surface area contributed by atoms with Gasteiger partial charge in [0.2, 0.25) is 5.91 Å². The molecule has 0 aromatic rings. The summed E-state index contributed by atoms with van der Waals surface area (Å²) in [6.07, 6.45) is 2.24. The van der Waals surface area contributed by atoms with Gasteiger partial charge >= 0.3 is 0 Å². The van der Waals surface area contributed by atoms with Crippen molar-refractivity contribution in [1.29, 1.82) is 0 Å². The number of carbonyl (C=O) groups excluding carboxylic acids is 1. The second-order valence-corrected chi connectivity index (χ2v) is 3.72. The summed E-state index contributed by atoms with van der Waals surface area (Å²) in [4.78, 5) is 15.5. The molecule has 1 amide bonds. The number of nitrogens with two attached hydrogens (primary N) is 3. The first-order valence-corrected chi connectivity index (χ1v) is 6.82. The fourth-order valence-corrected chi connectivity index (χ4v) is 1.35. The number of aliphatic imine (C=N–C) groups is 1. The van der Waals surface area contributed by atoms with Crippen LogP contribution in [0.5, 0.6) is 0 Å². The van der Waals surface area contributed by atoms with Crippen molar-refractivity contribution in [1.82, 2.24) is 10.6 Å². The predicted molar refractivity (Wildman–Crippen MR) is 80.8 cm³/mol. The first-order valence-electron chi connectivity index (χ1n) is 6.82. The molecule has 0 aromatic heterocycles. The molecule has 0 saturated heterocycles. The highest BCUT2D eigenvalue weighted by atomic mass is 16.2. The summed E-state index contributed by atoms with van der Waals surface area (Å²) in [6.45, 7) is 5.73. The molecule has 0 rings (SSSR count). The van der Waals surface area contributed by atoms with Gasteiger partial charge in [-0.05, 0) is 32.9 Å². The molecule has 0 fully saturated rings. The highest BCUT2D eigenvalue weighted by Gasteiger charge is 2.14. The van der Waals surface area contributed by atoms with Gasteiger partial charge in [0.05, 0.1) is 6.04 Å². The molecule has 1 atom stereocenters. The summed E-state index contributed by atoms with van der Waals surface area (Å²) < 4.78 is 0. The van der Waals surface area contributed by atoms with Crippen molar-refractivity contribution in [2.75, 3.05) is 26.7 Å². The van der Waals surface area contributed by atoms with Gasteiger partial charge in [0.25, 0.3) is 0 Å². The number of hydrogen-bond donors (Lipinski definition) is 5. The largest absolute Gasteiger partial charge is 0.370 e. The Hall–Kier alpha value is -1.34. The smallest absolute Gasteiger partial charge is 0.237 e. The SMILES string of the molecule is CC.CNC(CCCN=C(N)N)C(=O)NCCCN. The van der Waals surface area contributed by atoms with Crippen molar-refractivity contribution in [3.63, 3.8) is 0 Å². The van der Waals surface area contributed by atoms with E-state index >= 15 is 0 Å². The maximum Gasteiger partial charge on any atom is 0.237 e. The van der Waals surface area contributed by atoms with Gasteiger partial charge in [-0.2, -0.15) is 0 Å². The molecule has 1 unspecified atom stereocenters. The van der Waals surface area contributed by atoms with E-state index in [1.54, 1.807) is 7.05 Å². The molecule has 0 aliphatic rings.